The number of hydrogen-bond donors (Lipinski definition) is 1. The van der Waals surface area contributed by atoms with Gasteiger partial charge < -0.3 is 9.88 Å². The molecule has 3 heterocycles. The van der Waals surface area contributed by atoms with Crippen molar-refractivity contribution in [2.45, 2.75) is 13.5 Å². The van der Waals surface area contributed by atoms with Crippen LogP contribution < -0.4 is 5.32 Å². The smallest absolute Gasteiger partial charge is 0.151 e. The molecule has 92 valence electrons. The highest BCUT2D eigenvalue weighted by atomic mass is 32.1. The standard InChI is InChI=1S/C11H12N6S/c1-7-3-8-10(13-5-14-11(8)18-7)12-4-9-16-15-6-17(9)2/h3,5-6H,4H2,1-2H3,(H,12,13,14). The SMILES string of the molecule is Cc1cc2c(NCc3nncn3C)ncnc2s1. The summed E-state index contributed by atoms with van der Waals surface area (Å²) < 4.78 is 1.88. The fraction of sp³-hybridized carbons (Fsp3) is 0.273. The maximum absolute atomic E-state index is 4.28. The van der Waals surface area contributed by atoms with Gasteiger partial charge >= 0.3 is 0 Å². The van der Waals surface area contributed by atoms with Gasteiger partial charge in [-0.1, -0.05) is 0 Å². The zero-order chi connectivity index (χ0) is 12.5. The summed E-state index contributed by atoms with van der Waals surface area (Å²) in [5.41, 5.74) is 0. The molecule has 3 aromatic heterocycles. The molecule has 7 heteroatoms. The van der Waals surface area contributed by atoms with E-state index >= 15 is 0 Å². The van der Waals surface area contributed by atoms with Gasteiger partial charge in [0.2, 0.25) is 0 Å². The van der Waals surface area contributed by atoms with Crippen molar-refractivity contribution in [1.29, 1.82) is 0 Å². The summed E-state index contributed by atoms with van der Waals surface area (Å²) in [6.45, 7) is 2.66. The van der Waals surface area contributed by atoms with Crippen LogP contribution in [0.5, 0.6) is 0 Å². The van der Waals surface area contributed by atoms with Gasteiger partial charge in [0.05, 0.1) is 11.9 Å². The Kier molecular flexibility index (Phi) is 2.67. The molecule has 0 aliphatic carbocycles. The number of anilines is 1. The summed E-state index contributed by atoms with van der Waals surface area (Å²) >= 11 is 1.67. The van der Waals surface area contributed by atoms with Crippen LogP contribution >= 0.6 is 11.3 Å². The normalized spacial score (nSPS) is 11.0. The second-order valence-electron chi connectivity index (χ2n) is 4.01. The largest absolute Gasteiger partial charge is 0.362 e. The highest BCUT2D eigenvalue weighted by Crippen LogP contribution is 2.27. The van der Waals surface area contributed by atoms with Crippen molar-refractivity contribution in [1.82, 2.24) is 24.7 Å². The van der Waals surface area contributed by atoms with E-state index in [9.17, 15) is 0 Å². The predicted octanol–water partition coefficient (Wildman–Crippen LogP) is 1.74. The molecule has 0 amide bonds. The van der Waals surface area contributed by atoms with Crippen molar-refractivity contribution < 1.29 is 0 Å². The second-order valence-corrected chi connectivity index (χ2v) is 5.24. The van der Waals surface area contributed by atoms with Crippen molar-refractivity contribution in [3.63, 3.8) is 0 Å². The van der Waals surface area contributed by atoms with Crippen molar-refractivity contribution >= 4 is 27.4 Å². The summed E-state index contributed by atoms with van der Waals surface area (Å²) in [5.74, 6) is 1.71. The van der Waals surface area contributed by atoms with Gasteiger partial charge in [-0.15, -0.1) is 21.5 Å². The maximum atomic E-state index is 4.28. The zero-order valence-corrected chi connectivity index (χ0v) is 10.9. The van der Waals surface area contributed by atoms with Crippen LogP contribution in [-0.4, -0.2) is 24.7 Å². The van der Waals surface area contributed by atoms with Crippen molar-refractivity contribution in [3.05, 3.63) is 29.4 Å². The monoisotopic (exact) mass is 260 g/mol. The van der Waals surface area contributed by atoms with Crippen LogP contribution in [-0.2, 0) is 13.6 Å². The molecule has 1 N–H and O–H groups in total. The van der Waals surface area contributed by atoms with Crippen molar-refractivity contribution in [2.75, 3.05) is 5.32 Å². The predicted molar refractivity (Wildman–Crippen MR) is 70.5 cm³/mol. The zero-order valence-electron chi connectivity index (χ0n) is 10.1. The summed E-state index contributed by atoms with van der Waals surface area (Å²) in [4.78, 5) is 10.8. The van der Waals surface area contributed by atoms with Gasteiger partial charge in [-0.2, -0.15) is 0 Å². The van der Waals surface area contributed by atoms with Crippen LogP contribution in [0, 0.1) is 6.92 Å². The number of thiophene rings is 1. The Labute approximate surface area is 108 Å². The first-order valence-corrected chi connectivity index (χ1v) is 6.33. The molecule has 0 saturated heterocycles. The average Bonchev–Trinajstić information content (AvgIpc) is 2.91. The third-order valence-electron chi connectivity index (χ3n) is 2.67. The fourth-order valence-corrected chi connectivity index (χ4v) is 2.59. The topological polar surface area (TPSA) is 68.5 Å². The number of aryl methyl sites for hydroxylation is 2. The third kappa shape index (κ3) is 1.92. The Morgan fingerprint density at radius 3 is 3.06 bits per heavy atom. The highest BCUT2D eigenvalue weighted by Gasteiger charge is 2.07. The molecule has 0 aliphatic rings. The number of hydrogen-bond acceptors (Lipinski definition) is 6. The minimum absolute atomic E-state index is 0.595. The van der Waals surface area contributed by atoms with Crippen LogP contribution in [0.1, 0.15) is 10.7 Å². The van der Waals surface area contributed by atoms with E-state index in [0.29, 0.717) is 6.54 Å². The Balaban J connectivity index is 1.88. The number of nitrogens with one attached hydrogen (secondary N) is 1. The van der Waals surface area contributed by atoms with E-state index in [-0.39, 0.29) is 0 Å². The Hall–Kier alpha value is -2.02. The molecule has 0 fully saturated rings. The molecule has 3 aromatic rings. The van der Waals surface area contributed by atoms with Crippen LogP contribution in [0.15, 0.2) is 18.7 Å². The summed E-state index contributed by atoms with van der Waals surface area (Å²) in [6, 6.07) is 2.10. The number of fused-ring (bicyclic) bond motifs is 1. The minimum atomic E-state index is 0.595. The first-order chi connectivity index (χ1) is 8.74. The lowest BCUT2D eigenvalue weighted by Crippen LogP contribution is -2.07. The van der Waals surface area contributed by atoms with E-state index in [0.717, 1.165) is 21.9 Å². The van der Waals surface area contributed by atoms with E-state index in [1.165, 1.54) is 4.88 Å². The highest BCUT2D eigenvalue weighted by molar-refractivity contribution is 7.18. The molecule has 18 heavy (non-hydrogen) atoms. The molecule has 0 bridgehead atoms. The molecular formula is C11H12N6S. The molecule has 0 spiro atoms. The Morgan fingerprint density at radius 2 is 2.28 bits per heavy atom. The van der Waals surface area contributed by atoms with Crippen LogP contribution in [0.2, 0.25) is 0 Å². The van der Waals surface area contributed by atoms with Gasteiger partial charge in [0.25, 0.3) is 0 Å². The van der Waals surface area contributed by atoms with Gasteiger partial charge in [-0.05, 0) is 13.0 Å². The van der Waals surface area contributed by atoms with Gasteiger partial charge in [0.1, 0.15) is 23.3 Å². The first-order valence-electron chi connectivity index (χ1n) is 5.52. The number of rotatable bonds is 3. The van der Waals surface area contributed by atoms with Gasteiger partial charge in [0, 0.05) is 11.9 Å². The van der Waals surface area contributed by atoms with Gasteiger partial charge in [0.15, 0.2) is 5.82 Å². The summed E-state index contributed by atoms with van der Waals surface area (Å²) in [6.07, 6.45) is 3.26. The minimum Gasteiger partial charge on any atom is -0.362 e. The van der Waals surface area contributed by atoms with Crippen LogP contribution in [0.25, 0.3) is 10.2 Å². The average molecular weight is 260 g/mol. The van der Waals surface area contributed by atoms with E-state index < -0.39 is 0 Å². The van der Waals surface area contributed by atoms with Gasteiger partial charge in [-0.25, -0.2) is 9.97 Å². The van der Waals surface area contributed by atoms with Gasteiger partial charge in [-0.3, -0.25) is 0 Å². The van der Waals surface area contributed by atoms with Crippen molar-refractivity contribution in [2.24, 2.45) is 7.05 Å². The summed E-state index contributed by atoms with van der Waals surface area (Å²) in [7, 11) is 1.92. The molecule has 0 aromatic carbocycles. The summed E-state index contributed by atoms with van der Waals surface area (Å²) in [5, 5.41) is 12.2. The third-order valence-corrected chi connectivity index (χ3v) is 3.63. The van der Waals surface area contributed by atoms with Crippen LogP contribution in [0.4, 0.5) is 5.82 Å². The molecule has 0 saturated carbocycles. The second kappa shape index (κ2) is 4.34. The van der Waals surface area contributed by atoms with Crippen molar-refractivity contribution in [3.8, 4) is 0 Å². The fourth-order valence-electron chi connectivity index (χ4n) is 1.75. The Morgan fingerprint density at radius 1 is 1.39 bits per heavy atom. The number of nitrogens with zero attached hydrogens (tertiary/aromatic N) is 5. The van der Waals surface area contributed by atoms with Crippen LogP contribution in [0.3, 0.4) is 0 Å². The lowest BCUT2D eigenvalue weighted by molar-refractivity contribution is 0.810. The molecule has 0 unspecified atom stereocenters. The van der Waals surface area contributed by atoms with E-state index in [2.05, 4.69) is 38.5 Å². The van der Waals surface area contributed by atoms with E-state index in [1.807, 2.05) is 11.6 Å². The molecule has 0 atom stereocenters. The van der Waals surface area contributed by atoms with E-state index in [4.69, 9.17) is 0 Å². The first kappa shape index (κ1) is 11.1. The lowest BCUT2D eigenvalue weighted by Gasteiger charge is -2.05. The molecule has 0 aliphatic heterocycles. The Bertz CT molecular complexity index is 686. The lowest BCUT2D eigenvalue weighted by atomic mass is 10.3. The molecular weight excluding hydrogens is 248 g/mol. The molecule has 6 nitrogen and oxygen atoms in total. The molecule has 0 radical (unpaired) electrons. The number of aromatic nitrogens is 5. The molecule has 3 rings (SSSR count). The van der Waals surface area contributed by atoms with E-state index in [1.54, 1.807) is 24.0 Å². The quantitative estimate of drug-likeness (QED) is 0.777. The maximum Gasteiger partial charge on any atom is 0.151 e.